The van der Waals surface area contributed by atoms with Crippen LogP contribution in [-0.2, 0) is 11.4 Å². The zero-order valence-corrected chi connectivity index (χ0v) is 26.5. The molecule has 1 aliphatic heterocycles. The average Bonchev–Trinajstić information content (AvgIpc) is 3.33. The Balaban J connectivity index is 1.44. The monoisotopic (exact) mass is 663 g/mol. The van der Waals surface area contributed by atoms with Gasteiger partial charge >= 0.3 is 0 Å². The maximum Gasteiger partial charge on any atom is 0.271 e. The van der Waals surface area contributed by atoms with E-state index in [0.717, 1.165) is 27.5 Å². The van der Waals surface area contributed by atoms with Crippen molar-refractivity contribution in [1.82, 2.24) is 4.57 Å². The minimum atomic E-state index is -0.703. The highest BCUT2D eigenvalue weighted by molar-refractivity contribution is 9.10. The molecule has 0 saturated carbocycles. The van der Waals surface area contributed by atoms with Crippen LogP contribution in [0.15, 0.2) is 104 Å². The highest BCUT2D eigenvalue weighted by Gasteiger charge is 2.33. The number of Topliss-reactive ketones (excluding diaryl/α,β-unsaturated/α-hetero) is 1. The maximum atomic E-state index is 14.1. The predicted octanol–water partition coefficient (Wildman–Crippen LogP) is 6.20. The van der Waals surface area contributed by atoms with E-state index < -0.39 is 6.04 Å². The van der Waals surface area contributed by atoms with Crippen molar-refractivity contribution >= 4 is 49.9 Å². The number of carbonyl (C=O) groups excluding carboxylic acids is 1. The number of carbonyl (C=O) groups is 1. The number of thiazole rings is 1. The quantitative estimate of drug-likeness (QED) is 0.207. The first kappa shape index (κ1) is 29.3. The van der Waals surface area contributed by atoms with E-state index >= 15 is 0 Å². The molecule has 0 amide bonds. The zero-order chi connectivity index (χ0) is 31.0. The van der Waals surface area contributed by atoms with Crippen LogP contribution in [0, 0.1) is 11.3 Å². The van der Waals surface area contributed by atoms with Gasteiger partial charge in [0.25, 0.3) is 5.56 Å². The molecule has 0 unspecified atom stereocenters. The third kappa shape index (κ3) is 5.27. The Morgan fingerprint density at radius 3 is 2.59 bits per heavy atom. The Morgan fingerprint density at radius 1 is 1.09 bits per heavy atom. The number of allylic oxidation sites excluding steroid dienone is 2. The van der Waals surface area contributed by atoms with Gasteiger partial charge < -0.3 is 9.47 Å². The van der Waals surface area contributed by atoms with Crippen molar-refractivity contribution in [2.45, 2.75) is 26.5 Å². The number of ether oxygens (including phenoxy) is 2. The first-order valence-corrected chi connectivity index (χ1v) is 15.4. The van der Waals surface area contributed by atoms with Gasteiger partial charge in [-0.05, 0) is 76.5 Å². The molecule has 218 valence electrons. The van der Waals surface area contributed by atoms with E-state index in [1.165, 1.54) is 18.3 Å². The molecule has 44 heavy (non-hydrogen) atoms. The van der Waals surface area contributed by atoms with Gasteiger partial charge in [-0.3, -0.25) is 14.2 Å². The number of fused-ring (bicyclic) bond motifs is 2. The highest BCUT2D eigenvalue weighted by Crippen LogP contribution is 2.40. The maximum absolute atomic E-state index is 14.1. The second-order valence-corrected chi connectivity index (χ2v) is 12.2. The fourth-order valence-electron chi connectivity index (χ4n) is 5.57. The molecule has 6 rings (SSSR count). The molecule has 9 heteroatoms. The van der Waals surface area contributed by atoms with Gasteiger partial charge in [0.05, 0.1) is 33.8 Å². The fraction of sp³-hybridized carbons (Fsp3) is 0.143. The predicted molar refractivity (Wildman–Crippen MR) is 175 cm³/mol. The number of hydrogen-bond acceptors (Lipinski definition) is 7. The molecule has 4 aromatic carbocycles. The van der Waals surface area contributed by atoms with Gasteiger partial charge in [-0.15, -0.1) is 0 Å². The third-order valence-corrected chi connectivity index (χ3v) is 9.20. The minimum Gasteiger partial charge on any atom is -0.496 e. The summed E-state index contributed by atoms with van der Waals surface area (Å²) in [7, 11) is 1.59. The molecule has 0 fully saturated rings. The first-order chi connectivity index (χ1) is 21.3. The average molecular weight is 665 g/mol. The molecule has 0 radical (unpaired) electrons. The van der Waals surface area contributed by atoms with Gasteiger partial charge in [0.15, 0.2) is 10.6 Å². The van der Waals surface area contributed by atoms with Crippen LogP contribution in [0.1, 0.15) is 42.1 Å². The van der Waals surface area contributed by atoms with Crippen molar-refractivity contribution < 1.29 is 14.3 Å². The van der Waals surface area contributed by atoms with Gasteiger partial charge in [0.2, 0.25) is 0 Å². The van der Waals surface area contributed by atoms with Crippen LogP contribution >= 0.6 is 27.3 Å². The van der Waals surface area contributed by atoms with Crippen LogP contribution in [0.5, 0.6) is 11.5 Å². The first-order valence-electron chi connectivity index (χ1n) is 13.8. The summed E-state index contributed by atoms with van der Waals surface area (Å²) >= 11 is 4.87. The number of halogens is 1. The lowest BCUT2D eigenvalue weighted by atomic mass is 9.89. The van der Waals surface area contributed by atoms with Crippen molar-refractivity contribution in [3.8, 4) is 17.6 Å². The molecule has 2 heterocycles. The lowest BCUT2D eigenvalue weighted by Gasteiger charge is -2.27. The number of nitrogens with zero attached hydrogens (tertiary/aromatic N) is 3. The molecular formula is C35H26BrN3O4S. The van der Waals surface area contributed by atoms with E-state index in [-0.39, 0.29) is 17.9 Å². The van der Waals surface area contributed by atoms with Crippen LogP contribution < -0.4 is 24.4 Å². The summed E-state index contributed by atoms with van der Waals surface area (Å²) in [6, 6.07) is 26.1. The topological polar surface area (TPSA) is 93.7 Å². The van der Waals surface area contributed by atoms with Crippen molar-refractivity contribution in [2.75, 3.05) is 7.11 Å². The zero-order valence-electron chi connectivity index (χ0n) is 24.1. The normalized spacial score (nSPS) is 14.6. The van der Waals surface area contributed by atoms with Gasteiger partial charge in [0.1, 0.15) is 18.1 Å². The second kappa shape index (κ2) is 12.1. The molecule has 0 spiro atoms. The van der Waals surface area contributed by atoms with E-state index in [1.807, 2.05) is 85.8 Å². The number of rotatable bonds is 7. The fourth-order valence-corrected chi connectivity index (χ4v) is 7.12. The van der Waals surface area contributed by atoms with E-state index in [0.29, 0.717) is 42.1 Å². The van der Waals surface area contributed by atoms with E-state index in [4.69, 9.17) is 14.5 Å². The molecular weight excluding hydrogens is 638 g/mol. The summed E-state index contributed by atoms with van der Waals surface area (Å²) in [4.78, 5) is 32.4. The molecule has 0 N–H and O–H groups in total. The standard InChI is InChI=1S/C35H26BrN3O4S/c1-20-31(21(2)40)33(32-26-11-7-6-8-23(26)13-15-29(32)42-3)39-34(41)30(44-35(39)38-20)17-22-12-14-28(27(36)16-22)43-19-25-10-5-4-9-24(25)18-37/h4-17,33H,19H2,1-3H3/t33-/m1/s1. The molecule has 7 nitrogen and oxygen atoms in total. The molecule has 1 atom stereocenters. The smallest absolute Gasteiger partial charge is 0.271 e. The van der Waals surface area contributed by atoms with Crippen LogP contribution in [0.25, 0.3) is 16.8 Å². The molecule has 1 aliphatic rings. The summed E-state index contributed by atoms with van der Waals surface area (Å²) in [5.41, 5.74) is 3.69. The van der Waals surface area contributed by atoms with Crippen LogP contribution in [0.3, 0.4) is 0 Å². The number of nitriles is 1. The number of methoxy groups -OCH3 is 1. The van der Waals surface area contributed by atoms with Gasteiger partial charge in [-0.1, -0.05) is 65.9 Å². The van der Waals surface area contributed by atoms with Crippen LogP contribution in [0.2, 0.25) is 0 Å². The second-order valence-electron chi connectivity index (χ2n) is 10.3. The van der Waals surface area contributed by atoms with Crippen molar-refractivity contribution in [2.24, 2.45) is 4.99 Å². The highest BCUT2D eigenvalue weighted by atomic mass is 79.9. The Labute approximate surface area is 265 Å². The van der Waals surface area contributed by atoms with E-state index in [1.54, 1.807) is 17.7 Å². The number of hydrogen-bond donors (Lipinski definition) is 0. The van der Waals surface area contributed by atoms with Gasteiger partial charge in [-0.2, -0.15) is 5.26 Å². The Kier molecular flexibility index (Phi) is 8.04. The summed E-state index contributed by atoms with van der Waals surface area (Å²) in [5, 5.41) is 11.2. The summed E-state index contributed by atoms with van der Waals surface area (Å²) in [5.74, 6) is 1.05. The lowest BCUT2D eigenvalue weighted by molar-refractivity contribution is -0.114. The van der Waals surface area contributed by atoms with E-state index in [9.17, 15) is 14.9 Å². The SMILES string of the molecule is COc1ccc2ccccc2c1[C@H]1C(C(C)=O)=C(C)N=c2sc(=Cc3ccc(OCc4ccccc4C#N)c(Br)c3)c(=O)n21. The van der Waals surface area contributed by atoms with Crippen molar-refractivity contribution in [3.63, 3.8) is 0 Å². The van der Waals surface area contributed by atoms with Crippen molar-refractivity contribution in [3.05, 3.63) is 137 Å². The Morgan fingerprint density at radius 2 is 1.84 bits per heavy atom. The summed E-state index contributed by atoms with van der Waals surface area (Å²) in [6.07, 6.45) is 1.81. The number of ketones is 1. The third-order valence-electron chi connectivity index (χ3n) is 7.60. The van der Waals surface area contributed by atoms with E-state index in [2.05, 4.69) is 22.0 Å². The molecule has 1 aromatic heterocycles. The van der Waals surface area contributed by atoms with Gasteiger partial charge in [0, 0.05) is 22.4 Å². The summed E-state index contributed by atoms with van der Waals surface area (Å²) in [6.45, 7) is 3.56. The lowest BCUT2D eigenvalue weighted by Crippen LogP contribution is -2.39. The Hall–Kier alpha value is -4.78. The molecule has 0 saturated heterocycles. The number of aromatic nitrogens is 1. The minimum absolute atomic E-state index is 0.155. The summed E-state index contributed by atoms with van der Waals surface area (Å²) < 4.78 is 14.6. The van der Waals surface area contributed by atoms with Crippen molar-refractivity contribution in [1.29, 1.82) is 5.26 Å². The largest absolute Gasteiger partial charge is 0.496 e. The Bertz CT molecular complexity index is 2230. The molecule has 0 aliphatic carbocycles. The van der Waals surface area contributed by atoms with Crippen LogP contribution in [-0.4, -0.2) is 17.5 Å². The molecule has 0 bridgehead atoms. The van der Waals surface area contributed by atoms with Gasteiger partial charge in [-0.25, -0.2) is 4.99 Å². The van der Waals surface area contributed by atoms with Crippen LogP contribution in [0.4, 0.5) is 0 Å². The molecule has 5 aromatic rings. The number of benzene rings is 4.